The molecule has 1 atom stereocenters. The maximum atomic E-state index is 9.43. The van der Waals surface area contributed by atoms with Crippen LogP contribution in [0.2, 0.25) is 0 Å². The van der Waals surface area contributed by atoms with Gasteiger partial charge in [-0.05, 0) is 32.6 Å². The summed E-state index contributed by atoms with van der Waals surface area (Å²) in [6.45, 7) is 1.93. The number of methoxy groups -OCH3 is 1. The minimum atomic E-state index is -0.119. The van der Waals surface area contributed by atoms with Crippen LogP contribution in [0.5, 0.6) is 0 Å². The molecule has 1 fully saturated rings. The lowest BCUT2D eigenvalue weighted by atomic mass is 9.93. The Bertz CT molecular complexity index is 350. The van der Waals surface area contributed by atoms with Crippen LogP contribution in [0.3, 0.4) is 0 Å². The molecular weight excluding hydrogens is 238 g/mol. The van der Waals surface area contributed by atoms with Crippen molar-refractivity contribution in [3.63, 3.8) is 0 Å². The molecule has 0 spiro atoms. The summed E-state index contributed by atoms with van der Waals surface area (Å²) in [6, 6.07) is 0.414. The standard InChI is InChI=1S/C11H19N3O2S/c1-7(16-2)10-13-11(17-14-10)12-8-3-5-9(15)6-4-8/h7-9,15H,3-6H2,1-2H3,(H,12,13,14). The Kier molecular flexibility index (Phi) is 4.31. The highest BCUT2D eigenvalue weighted by Crippen LogP contribution is 2.24. The van der Waals surface area contributed by atoms with E-state index in [9.17, 15) is 5.11 Å². The molecule has 0 radical (unpaired) electrons. The highest BCUT2D eigenvalue weighted by Gasteiger charge is 2.20. The fraction of sp³-hybridized carbons (Fsp3) is 0.818. The summed E-state index contributed by atoms with van der Waals surface area (Å²) in [5.74, 6) is 0.732. The second-order valence-electron chi connectivity index (χ2n) is 4.49. The Morgan fingerprint density at radius 2 is 2.12 bits per heavy atom. The Balaban J connectivity index is 1.88. The van der Waals surface area contributed by atoms with Crippen molar-refractivity contribution in [2.24, 2.45) is 0 Å². The molecule has 5 nitrogen and oxygen atoms in total. The number of aliphatic hydroxyl groups is 1. The van der Waals surface area contributed by atoms with E-state index in [1.807, 2.05) is 6.92 Å². The summed E-state index contributed by atoms with van der Waals surface area (Å²) in [7, 11) is 1.65. The van der Waals surface area contributed by atoms with Gasteiger partial charge in [0.2, 0.25) is 5.13 Å². The van der Waals surface area contributed by atoms with Crippen molar-refractivity contribution in [2.75, 3.05) is 12.4 Å². The summed E-state index contributed by atoms with van der Waals surface area (Å²) in [6.07, 6.45) is 3.56. The molecule has 1 saturated carbocycles. The van der Waals surface area contributed by atoms with Gasteiger partial charge in [0.15, 0.2) is 5.82 Å². The van der Waals surface area contributed by atoms with E-state index in [1.54, 1.807) is 7.11 Å². The Hall–Kier alpha value is -0.720. The molecule has 1 aliphatic carbocycles. The van der Waals surface area contributed by atoms with Gasteiger partial charge in [-0.25, -0.2) is 4.98 Å². The maximum absolute atomic E-state index is 9.43. The summed E-state index contributed by atoms with van der Waals surface area (Å²) >= 11 is 1.37. The Morgan fingerprint density at radius 1 is 1.41 bits per heavy atom. The van der Waals surface area contributed by atoms with E-state index >= 15 is 0 Å². The van der Waals surface area contributed by atoms with Gasteiger partial charge in [-0.2, -0.15) is 4.37 Å². The van der Waals surface area contributed by atoms with Gasteiger partial charge in [0.05, 0.1) is 6.10 Å². The fourth-order valence-corrected chi connectivity index (χ4v) is 2.68. The van der Waals surface area contributed by atoms with Crippen LogP contribution in [0.15, 0.2) is 0 Å². The van der Waals surface area contributed by atoms with E-state index < -0.39 is 0 Å². The molecule has 1 unspecified atom stereocenters. The normalized spacial score (nSPS) is 26.8. The third kappa shape index (κ3) is 3.37. The van der Waals surface area contributed by atoms with Crippen LogP contribution in [-0.4, -0.2) is 33.7 Å². The lowest BCUT2D eigenvalue weighted by Crippen LogP contribution is -2.28. The largest absolute Gasteiger partial charge is 0.393 e. The van der Waals surface area contributed by atoms with E-state index in [4.69, 9.17) is 4.74 Å². The molecule has 1 aromatic heterocycles. The van der Waals surface area contributed by atoms with Crippen LogP contribution >= 0.6 is 11.5 Å². The van der Waals surface area contributed by atoms with Crippen molar-refractivity contribution >= 4 is 16.7 Å². The van der Waals surface area contributed by atoms with Crippen LogP contribution in [0.4, 0.5) is 5.13 Å². The van der Waals surface area contributed by atoms with Gasteiger partial charge in [0.25, 0.3) is 0 Å². The van der Waals surface area contributed by atoms with Gasteiger partial charge in [-0.15, -0.1) is 0 Å². The summed E-state index contributed by atoms with van der Waals surface area (Å²) < 4.78 is 9.44. The molecule has 1 aromatic rings. The van der Waals surface area contributed by atoms with Gasteiger partial charge in [0.1, 0.15) is 6.10 Å². The fourth-order valence-electron chi connectivity index (χ4n) is 1.96. The highest BCUT2D eigenvalue weighted by atomic mass is 32.1. The van der Waals surface area contributed by atoms with Crippen molar-refractivity contribution in [1.82, 2.24) is 9.36 Å². The molecular formula is C11H19N3O2S. The van der Waals surface area contributed by atoms with Gasteiger partial charge in [-0.1, -0.05) is 0 Å². The molecule has 2 N–H and O–H groups in total. The number of nitrogens with one attached hydrogen (secondary N) is 1. The number of anilines is 1. The topological polar surface area (TPSA) is 67.3 Å². The number of ether oxygens (including phenoxy) is 1. The first-order valence-electron chi connectivity index (χ1n) is 6.00. The number of rotatable bonds is 4. The summed E-state index contributed by atoms with van der Waals surface area (Å²) in [5, 5.41) is 13.7. The second kappa shape index (κ2) is 5.75. The molecule has 0 aromatic carbocycles. The second-order valence-corrected chi connectivity index (χ2v) is 5.24. The average Bonchev–Trinajstić information content (AvgIpc) is 2.80. The van der Waals surface area contributed by atoms with E-state index in [-0.39, 0.29) is 12.2 Å². The number of aliphatic hydroxyl groups excluding tert-OH is 1. The zero-order valence-electron chi connectivity index (χ0n) is 10.2. The van der Waals surface area contributed by atoms with Crippen LogP contribution in [0.25, 0.3) is 0 Å². The zero-order chi connectivity index (χ0) is 12.3. The third-order valence-corrected chi connectivity index (χ3v) is 3.84. The lowest BCUT2D eigenvalue weighted by Gasteiger charge is -2.25. The average molecular weight is 257 g/mol. The van der Waals surface area contributed by atoms with Gasteiger partial charge >= 0.3 is 0 Å². The molecule has 0 bridgehead atoms. The predicted molar refractivity (Wildman–Crippen MR) is 67.2 cm³/mol. The van der Waals surface area contributed by atoms with Crippen molar-refractivity contribution in [2.45, 2.75) is 50.9 Å². The first-order valence-corrected chi connectivity index (χ1v) is 6.77. The first-order chi connectivity index (χ1) is 8.19. The molecule has 17 heavy (non-hydrogen) atoms. The molecule has 1 heterocycles. The molecule has 0 amide bonds. The van der Waals surface area contributed by atoms with Crippen molar-refractivity contribution in [1.29, 1.82) is 0 Å². The number of hydrogen-bond donors (Lipinski definition) is 2. The molecule has 2 rings (SSSR count). The third-order valence-electron chi connectivity index (χ3n) is 3.18. The van der Waals surface area contributed by atoms with E-state index in [0.29, 0.717) is 6.04 Å². The van der Waals surface area contributed by atoms with Crippen molar-refractivity contribution < 1.29 is 9.84 Å². The molecule has 0 saturated heterocycles. The predicted octanol–water partition coefficient (Wildman–Crippen LogP) is 1.96. The monoisotopic (exact) mass is 257 g/mol. The van der Waals surface area contributed by atoms with Crippen LogP contribution in [-0.2, 0) is 4.74 Å². The number of aromatic nitrogens is 2. The van der Waals surface area contributed by atoms with Crippen LogP contribution < -0.4 is 5.32 Å². The van der Waals surface area contributed by atoms with E-state index in [0.717, 1.165) is 36.6 Å². The smallest absolute Gasteiger partial charge is 0.202 e. The molecule has 6 heteroatoms. The first kappa shape index (κ1) is 12.7. The Labute approximate surface area is 105 Å². The quantitative estimate of drug-likeness (QED) is 0.863. The zero-order valence-corrected chi connectivity index (χ0v) is 11.0. The molecule has 1 aliphatic rings. The number of hydrogen-bond acceptors (Lipinski definition) is 6. The maximum Gasteiger partial charge on any atom is 0.202 e. The van der Waals surface area contributed by atoms with E-state index in [2.05, 4.69) is 14.7 Å². The number of nitrogens with zero attached hydrogens (tertiary/aromatic N) is 2. The van der Waals surface area contributed by atoms with Crippen molar-refractivity contribution in [3.8, 4) is 0 Å². The summed E-state index contributed by atoms with van der Waals surface area (Å²) in [4.78, 5) is 4.40. The molecule has 96 valence electrons. The SMILES string of the molecule is COC(C)c1nsc(NC2CCC(O)CC2)n1. The highest BCUT2D eigenvalue weighted by molar-refractivity contribution is 7.09. The van der Waals surface area contributed by atoms with Crippen LogP contribution in [0, 0.1) is 0 Å². The van der Waals surface area contributed by atoms with Gasteiger partial charge < -0.3 is 15.2 Å². The van der Waals surface area contributed by atoms with Gasteiger partial charge in [0, 0.05) is 24.7 Å². The lowest BCUT2D eigenvalue weighted by molar-refractivity contribution is 0.113. The minimum Gasteiger partial charge on any atom is -0.393 e. The minimum absolute atomic E-state index is 0.0602. The molecule has 0 aliphatic heterocycles. The van der Waals surface area contributed by atoms with E-state index in [1.165, 1.54) is 11.5 Å². The van der Waals surface area contributed by atoms with Gasteiger partial charge in [-0.3, -0.25) is 0 Å². The van der Waals surface area contributed by atoms with Crippen molar-refractivity contribution in [3.05, 3.63) is 5.82 Å². The van der Waals surface area contributed by atoms with Crippen LogP contribution in [0.1, 0.15) is 44.5 Å². The summed E-state index contributed by atoms with van der Waals surface area (Å²) in [5.41, 5.74) is 0. The Morgan fingerprint density at radius 3 is 2.76 bits per heavy atom.